The Kier molecular flexibility index (Phi) is 10.9. The summed E-state index contributed by atoms with van der Waals surface area (Å²) in [7, 11) is 0. The molecule has 2 aromatic rings. The molecule has 0 spiro atoms. The Morgan fingerprint density at radius 1 is 1.03 bits per heavy atom. The van der Waals surface area contributed by atoms with E-state index < -0.39 is 24.6 Å². The van der Waals surface area contributed by atoms with Crippen molar-refractivity contribution < 1.29 is 54.1 Å². The second kappa shape index (κ2) is 12.4. The minimum absolute atomic E-state index is 0. The normalized spacial score (nSPS) is 13.6. The number of hydrogen-bond acceptors (Lipinski definition) is 4. The first kappa shape index (κ1) is 26.5. The van der Waals surface area contributed by atoms with Gasteiger partial charge in [0.25, 0.3) is 0 Å². The molecule has 0 bridgehead atoms. The van der Waals surface area contributed by atoms with Crippen LogP contribution in [0.1, 0.15) is 56.2 Å². The Balaban J connectivity index is 0.00000450. The Bertz CT molecular complexity index is 814. The molecule has 0 radical (unpaired) electrons. The van der Waals surface area contributed by atoms with E-state index >= 15 is 0 Å². The third kappa shape index (κ3) is 7.03. The van der Waals surface area contributed by atoms with E-state index in [0.717, 1.165) is 29.5 Å². The van der Waals surface area contributed by atoms with Crippen LogP contribution in [0, 0.1) is 5.82 Å². The molecule has 0 unspecified atom stereocenters. The first-order chi connectivity index (χ1) is 13.8. The summed E-state index contributed by atoms with van der Waals surface area (Å²) in [6.45, 7) is 4.24. The van der Waals surface area contributed by atoms with Gasteiger partial charge in [-0.15, -0.1) is 0 Å². The number of aliphatic hydroxyl groups is 2. The third-order valence-corrected chi connectivity index (χ3v) is 5.49. The number of aliphatic hydroxyl groups excluding tert-OH is 2. The van der Waals surface area contributed by atoms with Crippen LogP contribution in [0.15, 0.2) is 54.6 Å². The summed E-state index contributed by atoms with van der Waals surface area (Å²) >= 11 is 0. The van der Waals surface area contributed by atoms with Crippen LogP contribution in [0.25, 0.3) is 6.08 Å². The van der Waals surface area contributed by atoms with E-state index in [4.69, 9.17) is 0 Å². The number of hydrogen-bond donors (Lipinski definition) is 2. The Morgan fingerprint density at radius 3 is 2.00 bits per heavy atom. The molecule has 2 N–H and O–H groups in total. The van der Waals surface area contributed by atoms with Crippen LogP contribution in [0.4, 0.5) is 4.39 Å². The second-order valence-corrected chi connectivity index (χ2v) is 7.31. The molecule has 6 heteroatoms. The fourth-order valence-corrected chi connectivity index (χ4v) is 3.77. The maximum absolute atomic E-state index is 13.4. The zero-order chi connectivity index (χ0) is 21.4. The number of carbonyl (C=O) groups is 1. The van der Waals surface area contributed by atoms with E-state index in [0.29, 0.717) is 0 Å². The van der Waals surface area contributed by atoms with Gasteiger partial charge in [0.15, 0.2) is 0 Å². The van der Waals surface area contributed by atoms with E-state index in [1.165, 1.54) is 18.2 Å². The summed E-state index contributed by atoms with van der Waals surface area (Å²) in [5, 5.41) is 30.0. The SMILES string of the molecule is CCC(CC)(c1ccc(F)cc1)c1ccc(/C=C/[C@@H](O)C[C@@H](O)CC(=O)[O-])cc1.[Na+]. The first-order valence-electron chi connectivity index (χ1n) is 9.91. The predicted molar refractivity (Wildman–Crippen MR) is 109 cm³/mol. The third-order valence-electron chi connectivity index (χ3n) is 5.49. The molecule has 0 aliphatic rings. The van der Waals surface area contributed by atoms with Crippen LogP contribution in [0.3, 0.4) is 0 Å². The maximum atomic E-state index is 13.4. The molecule has 2 rings (SSSR count). The van der Waals surface area contributed by atoms with Crippen molar-refractivity contribution >= 4 is 12.0 Å². The molecule has 0 aliphatic heterocycles. The second-order valence-electron chi connectivity index (χ2n) is 7.31. The van der Waals surface area contributed by atoms with Crippen molar-refractivity contribution in [1.29, 1.82) is 0 Å². The van der Waals surface area contributed by atoms with Crippen LogP contribution in [0.5, 0.6) is 0 Å². The van der Waals surface area contributed by atoms with Gasteiger partial charge in [-0.05, 0) is 41.7 Å². The molecule has 0 aliphatic carbocycles. The van der Waals surface area contributed by atoms with Gasteiger partial charge in [-0.1, -0.05) is 62.4 Å². The largest absolute Gasteiger partial charge is 1.00 e. The first-order valence-corrected chi connectivity index (χ1v) is 9.91. The number of carboxylic acids is 1. The molecule has 30 heavy (non-hydrogen) atoms. The van der Waals surface area contributed by atoms with Crippen molar-refractivity contribution in [1.82, 2.24) is 0 Å². The average Bonchev–Trinajstić information content (AvgIpc) is 2.69. The molecule has 0 saturated heterocycles. The number of carbonyl (C=O) groups excluding carboxylic acids is 1. The van der Waals surface area contributed by atoms with Gasteiger partial charge in [-0.2, -0.15) is 0 Å². The molecular weight excluding hydrogens is 394 g/mol. The smallest absolute Gasteiger partial charge is 0.550 e. The van der Waals surface area contributed by atoms with Crippen molar-refractivity contribution in [2.45, 2.75) is 57.2 Å². The summed E-state index contributed by atoms with van der Waals surface area (Å²) in [6, 6.07) is 14.6. The molecule has 156 valence electrons. The van der Waals surface area contributed by atoms with E-state index in [1.54, 1.807) is 6.08 Å². The summed E-state index contributed by atoms with van der Waals surface area (Å²) in [5.74, 6) is -1.60. The molecule has 2 aromatic carbocycles. The van der Waals surface area contributed by atoms with Gasteiger partial charge in [0.1, 0.15) is 5.82 Å². The van der Waals surface area contributed by atoms with Crippen LogP contribution in [-0.2, 0) is 10.2 Å². The number of aliphatic carboxylic acids is 1. The van der Waals surface area contributed by atoms with Gasteiger partial charge in [0.2, 0.25) is 0 Å². The maximum Gasteiger partial charge on any atom is 1.00 e. The molecule has 0 saturated carbocycles. The Hall–Kier alpha value is -1.50. The van der Waals surface area contributed by atoms with E-state index in [2.05, 4.69) is 13.8 Å². The van der Waals surface area contributed by atoms with E-state index in [9.17, 15) is 24.5 Å². The van der Waals surface area contributed by atoms with Crippen molar-refractivity contribution in [3.8, 4) is 0 Å². The molecule has 0 fully saturated rings. The molecule has 0 aromatic heterocycles. The van der Waals surface area contributed by atoms with Crippen molar-refractivity contribution in [2.75, 3.05) is 0 Å². The van der Waals surface area contributed by atoms with Gasteiger partial charge in [0, 0.05) is 24.2 Å². The van der Waals surface area contributed by atoms with Crippen LogP contribution < -0.4 is 34.7 Å². The molecular formula is C24H28FNaO4. The van der Waals surface area contributed by atoms with Crippen molar-refractivity contribution in [2.24, 2.45) is 0 Å². The fraction of sp³-hybridized carbons (Fsp3) is 0.375. The van der Waals surface area contributed by atoms with Gasteiger partial charge in [-0.25, -0.2) is 4.39 Å². The number of benzene rings is 2. The quantitative estimate of drug-likeness (QED) is 0.536. The topological polar surface area (TPSA) is 80.6 Å². The average molecular weight is 422 g/mol. The van der Waals surface area contributed by atoms with E-state index in [-0.39, 0.29) is 47.2 Å². The summed E-state index contributed by atoms with van der Waals surface area (Å²) in [5.41, 5.74) is 2.88. The zero-order valence-corrected chi connectivity index (χ0v) is 19.8. The van der Waals surface area contributed by atoms with Gasteiger partial charge < -0.3 is 20.1 Å². The van der Waals surface area contributed by atoms with Crippen LogP contribution in [0.2, 0.25) is 0 Å². The van der Waals surface area contributed by atoms with E-state index in [1.807, 2.05) is 36.4 Å². The predicted octanol–water partition coefficient (Wildman–Crippen LogP) is 0.201. The Labute approximate surface area is 199 Å². The number of carboxylic acid groups (broad SMARTS) is 1. The fourth-order valence-electron chi connectivity index (χ4n) is 3.77. The monoisotopic (exact) mass is 422 g/mol. The van der Waals surface area contributed by atoms with Crippen molar-refractivity contribution in [3.05, 3.63) is 77.1 Å². The minimum Gasteiger partial charge on any atom is -0.550 e. The number of rotatable bonds is 10. The van der Waals surface area contributed by atoms with Crippen molar-refractivity contribution in [3.63, 3.8) is 0 Å². The van der Waals surface area contributed by atoms with Crippen LogP contribution >= 0.6 is 0 Å². The summed E-state index contributed by atoms with van der Waals surface area (Å²) in [6.07, 6.45) is 2.35. The van der Waals surface area contributed by atoms with Gasteiger partial charge >= 0.3 is 29.6 Å². The minimum atomic E-state index is -1.35. The van der Waals surface area contributed by atoms with Crippen LogP contribution in [-0.4, -0.2) is 28.4 Å². The standard InChI is InChI=1S/C24H29FO4.Na/c1-3-24(4-2,19-10-12-20(25)13-11-19)18-8-5-17(6-9-18)7-14-21(26)15-22(27)16-23(28)29;/h5-14,21-22,26-27H,3-4,15-16H2,1-2H3,(H,28,29);/q;+1/p-1/b14-7+;/t21-,22-;/m1./s1. The van der Waals surface area contributed by atoms with Gasteiger partial charge in [0.05, 0.1) is 12.2 Å². The molecule has 0 heterocycles. The Morgan fingerprint density at radius 2 is 1.53 bits per heavy atom. The number of halogens is 1. The van der Waals surface area contributed by atoms with Gasteiger partial charge in [-0.3, -0.25) is 0 Å². The summed E-state index contributed by atoms with van der Waals surface area (Å²) in [4.78, 5) is 10.5. The molecule has 0 amide bonds. The molecule has 4 nitrogen and oxygen atoms in total. The zero-order valence-electron chi connectivity index (χ0n) is 17.8. The molecule has 2 atom stereocenters. The summed E-state index contributed by atoms with van der Waals surface area (Å²) < 4.78 is 13.4.